The van der Waals surface area contributed by atoms with Gasteiger partial charge in [0, 0.05) is 29.9 Å². The smallest absolute Gasteiger partial charge is 0.423 e. The Morgan fingerprint density at radius 1 is 1.53 bits per heavy atom. The average Bonchev–Trinajstić information content (AvgIpc) is 2.27. The summed E-state index contributed by atoms with van der Waals surface area (Å²) in [5.41, 5.74) is 0.273. The van der Waals surface area contributed by atoms with Crippen LogP contribution in [0.2, 0.25) is 0 Å². The van der Waals surface area contributed by atoms with Crippen LogP contribution in [-0.4, -0.2) is 35.4 Å². The van der Waals surface area contributed by atoms with Crippen LogP contribution in [0.15, 0.2) is 24.5 Å². The van der Waals surface area contributed by atoms with Gasteiger partial charge >= 0.3 is 7.12 Å². The first-order valence-corrected chi connectivity index (χ1v) is 4.86. The third kappa shape index (κ3) is 3.99. The molecule has 1 aromatic rings. The molecule has 1 rings (SSSR count). The van der Waals surface area contributed by atoms with Gasteiger partial charge in [0.2, 0.25) is 0 Å². The second-order valence-corrected chi connectivity index (χ2v) is 4.27. The quantitative estimate of drug-likeness (QED) is 0.659. The zero-order valence-electron chi connectivity index (χ0n) is 9.05. The van der Waals surface area contributed by atoms with Crippen LogP contribution in [0.25, 0.3) is 0 Å². The zero-order chi connectivity index (χ0) is 11.3. The van der Waals surface area contributed by atoms with Crippen molar-refractivity contribution in [2.45, 2.75) is 13.8 Å². The molecule has 0 saturated heterocycles. The predicted molar refractivity (Wildman–Crippen MR) is 58.7 cm³/mol. The van der Waals surface area contributed by atoms with Crippen molar-refractivity contribution in [1.29, 1.82) is 0 Å². The molecule has 0 fully saturated rings. The van der Waals surface area contributed by atoms with Crippen molar-refractivity contribution in [3.05, 3.63) is 24.5 Å². The molecule has 0 amide bonds. The van der Waals surface area contributed by atoms with Crippen LogP contribution < -0.4 is 5.46 Å². The largest absolute Gasteiger partial charge is 0.492 e. The maximum Gasteiger partial charge on any atom is 0.492 e. The maximum absolute atomic E-state index is 9.64. The molecular weight excluding hydrogens is 193 g/mol. The highest BCUT2D eigenvalue weighted by Gasteiger charge is 2.22. The minimum Gasteiger partial charge on any atom is -0.423 e. The second-order valence-electron chi connectivity index (χ2n) is 4.27. The van der Waals surface area contributed by atoms with E-state index in [4.69, 9.17) is 9.76 Å². The minimum absolute atomic E-state index is 0.0206. The lowest BCUT2D eigenvalue weighted by Gasteiger charge is -2.22. The van der Waals surface area contributed by atoms with Gasteiger partial charge in [-0.2, -0.15) is 0 Å². The van der Waals surface area contributed by atoms with E-state index in [9.17, 15) is 5.02 Å². The maximum atomic E-state index is 9.64. The first kappa shape index (κ1) is 12.2. The van der Waals surface area contributed by atoms with E-state index in [0.717, 1.165) is 0 Å². The van der Waals surface area contributed by atoms with Gasteiger partial charge in [-0.05, 0) is 6.07 Å². The highest BCUT2D eigenvalue weighted by molar-refractivity contribution is 6.59. The van der Waals surface area contributed by atoms with Crippen molar-refractivity contribution in [1.82, 2.24) is 4.98 Å². The lowest BCUT2D eigenvalue weighted by molar-refractivity contribution is 0.0886. The van der Waals surface area contributed by atoms with E-state index in [0.29, 0.717) is 12.1 Å². The van der Waals surface area contributed by atoms with Crippen LogP contribution in [-0.2, 0) is 4.65 Å². The molecular formula is C10H16BNO3. The van der Waals surface area contributed by atoms with Crippen molar-refractivity contribution >= 4 is 12.6 Å². The van der Waals surface area contributed by atoms with Gasteiger partial charge in [-0.15, -0.1) is 0 Å². The summed E-state index contributed by atoms with van der Waals surface area (Å²) in [4.78, 5) is 3.88. The lowest BCUT2D eigenvalue weighted by Crippen LogP contribution is -2.37. The molecule has 2 N–H and O–H groups in total. The van der Waals surface area contributed by atoms with Crippen LogP contribution in [0.5, 0.6) is 0 Å². The van der Waals surface area contributed by atoms with E-state index in [1.807, 2.05) is 13.8 Å². The molecule has 0 aromatic carbocycles. The van der Waals surface area contributed by atoms with E-state index in [1.54, 1.807) is 24.5 Å². The fourth-order valence-corrected chi connectivity index (χ4v) is 0.968. The molecule has 4 nitrogen and oxygen atoms in total. The highest BCUT2D eigenvalue weighted by Crippen LogP contribution is 2.13. The van der Waals surface area contributed by atoms with Crippen molar-refractivity contribution in [2.24, 2.45) is 5.41 Å². The van der Waals surface area contributed by atoms with Crippen LogP contribution in [0.4, 0.5) is 0 Å². The second kappa shape index (κ2) is 5.25. The molecule has 0 aliphatic rings. The molecule has 82 valence electrons. The molecule has 5 heteroatoms. The number of nitrogens with zero attached hydrogens (tertiary/aromatic N) is 1. The Morgan fingerprint density at radius 3 is 2.80 bits per heavy atom. The van der Waals surface area contributed by atoms with E-state index < -0.39 is 7.12 Å². The van der Waals surface area contributed by atoms with Crippen molar-refractivity contribution in [2.75, 3.05) is 13.2 Å². The summed E-state index contributed by atoms with van der Waals surface area (Å²) >= 11 is 0. The number of pyridine rings is 1. The Balaban J connectivity index is 2.47. The van der Waals surface area contributed by atoms with Gasteiger partial charge in [-0.1, -0.05) is 19.9 Å². The Kier molecular flexibility index (Phi) is 4.26. The van der Waals surface area contributed by atoms with Crippen molar-refractivity contribution in [3.8, 4) is 0 Å². The van der Waals surface area contributed by atoms with E-state index in [-0.39, 0.29) is 12.0 Å². The average molecular weight is 209 g/mol. The fraction of sp³-hybridized carbons (Fsp3) is 0.500. The van der Waals surface area contributed by atoms with Crippen LogP contribution >= 0.6 is 0 Å². The lowest BCUT2D eigenvalue weighted by atomic mass is 9.80. The van der Waals surface area contributed by atoms with Crippen molar-refractivity contribution in [3.63, 3.8) is 0 Å². The highest BCUT2D eigenvalue weighted by atomic mass is 16.5. The summed E-state index contributed by atoms with van der Waals surface area (Å²) in [5, 5.41) is 18.6. The van der Waals surface area contributed by atoms with Gasteiger partial charge in [0.15, 0.2) is 0 Å². The molecule has 0 unspecified atom stereocenters. The monoisotopic (exact) mass is 209 g/mol. The van der Waals surface area contributed by atoms with Gasteiger partial charge in [-0.25, -0.2) is 0 Å². The molecule has 0 saturated carbocycles. The number of aliphatic hydroxyl groups is 1. The number of rotatable bonds is 5. The van der Waals surface area contributed by atoms with E-state index >= 15 is 0 Å². The van der Waals surface area contributed by atoms with Gasteiger partial charge < -0.3 is 14.8 Å². The summed E-state index contributed by atoms with van der Waals surface area (Å²) in [5.74, 6) is 0. The Bertz CT molecular complexity index is 292. The van der Waals surface area contributed by atoms with Crippen LogP contribution in [0, 0.1) is 5.41 Å². The summed E-state index contributed by atoms with van der Waals surface area (Å²) in [7, 11) is -0.982. The minimum atomic E-state index is -0.982. The molecule has 1 heterocycles. The number of hydrogen-bond acceptors (Lipinski definition) is 4. The van der Waals surface area contributed by atoms with Crippen LogP contribution in [0.3, 0.4) is 0 Å². The van der Waals surface area contributed by atoms with Gasteiger partial charge in [-0.3, -0.25) is 4.98 Å². The molecule has 15 heavy (non-hydrogen) atoms. The normalized spacial score (nSPS) is 11.5. The Morgan fingerprint density at radius 2 is 2.27 bits per heavy atom. The SMILES string of the molecule is CC(C)(CO)COB(O)c1cccnc1. The topological polar surface area (TPSA) is 62.6 Å². The van der Waals surface area contributed by atoms with Gasteiger partial charge in [0.05, 0.1) is 6.61 Å². The molecule has 0 aliphatic carbocycles. The third-order valence-corrected chi connectivity index (χ3v) is 2.03. The standard InChI is InChI=1S/C10H16BNO3/c1-10(2,7-13)8-15-11(14)9-4-3-5-12-6-9/h3-6,13-14H,7-8H2,1-2H3. The number of hydrogen-bond donors (Lipinski definition) is 2. The van der Waals surface area contributed by atoms with Gasteiger partial charge in [0.1, 0.15) is 0 Å². The summed E-state index contributed by atoms with van der Waals surface area (Å²) in [6.07, 6.45) is 3.19. The number of aromatic nitrogens is 1. The summed E-state index contributed by atoms with van der Waals surface area (Å²) < 4.78 is 5.24. The van der Waals surface area contributed by atoms with E-state index in [2.05, 4.69) is 4.98 Å². The molecule has 1 aromatic heterocycles. The van der Waals surface area contributed by atoms with E-state index in [1.165, 1.54) is 0 Å². The van der Waals surface area contributed by atoms with Crippen molar-refractivity contribution < 1.29 is 14.8 Å². The Labute approximate surface area is 90.1 Å². The third-order valence-electron chi connectivity index (χ3n) is 2.03. The molecule has 0 atom stereocenters. The molecule has 0 radical (unpaired) electrons. The molecule has 0 spiro atoms. The molecule has 0 aliphatic heterocycles. The summed E-state index contributed by atoms with van der Waals surface area (Å²) in [6, 6.07) is 3.47. The first-order chi connectivity index (χ1) is 7.05. The Hall–Kier alpha value is -0.905. The van der Waals surface area contributed by atoms with Gasteiger partial charge in [0.25, 0.3) is 0 Å². The molecule has 0 bridgehead atoms. The predicted octanol–water partition coefficient (Wildman–Crippen LogP) is -0.196. The fourth-order valence-electron chi connectivity index (χ4n) is 0.968. The summed E-state index contributed by atoms with van der Waals surface area (Å²) in [6.45, 7) is 4.04. The number of aliphatic hydroxyl groups excluding tert-OH is 1. The zero-order valence-corrected chi connectivity index (χ0v) is 9.05. The first-order valence-electron chi connectivity index (χ1n) is 4.86. The van der Waals surface area contributed by atoms with Crippen LogP contribution in [0.1, 0.15) is 13.8 Å².